The predicted octanol–water partition coefficient (Wildman–Crippen LogP) is 6.72. The topological polar surface area (TPSA) is 66.8 Å². The third-order valence-electron chi connectivity index (χ3n) is 8.56. The van der Waals surface area contributed by atoms with Gasteiger partial charge in [-0.25, -0.2) is 0 Å². The lowest BCUT2D eigenvalue weighted by molar-refractivity contribution is -0.140. The Hall–Kier alpha value is -3.22. The summed E-state index contributed by atoms with van der Waals surface area (Å²) in [5.41, 5.74) is 4.94. The highest BCUT2D eigenvalue weighted by Crippen LogP contribution is 2.50. The van der Waals surface area contributed by atoms with Crippen LogP contribution in [0.15, 0.2) is 70.6 Å². The Balaban J connectivity index is 1.20. The van der Waals surface area contributed by atoms with Crippen molar-refractivity contribution in [2.24, 2.45) is 17.8 Å². The number of rotatable bonds is 7. The zero-order chi connectivity index (χ0) is 26.4. The molecule has 6 heteroatoms. The normalized spacial score (nSPS) is 25.4. The number of likely N-dealkylation sites (tertiary alicyclic amines) is 1. The summed E-state index contributed by atoms with van der Waals surface area (Å²) in [6.07, 6.45) is 5.47. The molecule has 0 saturated carbocycles. The number of allylic oxidation sites excluding steroid dienone is 2. The van der Waals surface area contributed by atoms with Crippen LogP contribution < -0.4 is 0 Å². The molecule has 0 spiro atoms. The standard InChI is InChI=1S/C32H33NO4S/c1-3-20-16-25-30(32(36)33(31(25)35)17-22-7-6-14-38-22)26-18-37-28(29(20)26)13-10-19(2)15-21-11-12-27(34)24-9-5-4-8-23(21)24/h4-9,11-12,14-15,25-26,28,30,34H,3,10,13,16-18H2,1-2H3/b19-15+/t25-,26+,28-,30-/m1/s1. The second-order valence-corrected chi connectivity index (χ2v) is 11.8. The van der Waals surface area contributed by atoms with E-state index in [-0.39, 0.29) is 35.7 Å². The zero-order valence-corrected chi connectivity index (χ0v) is 22.7. The second kappa shape index (κ2) is 10.2. The minimum Gasteiger partial charge on any atom is -0.507 e. The molecule has 0 bridgehead atoms. The summed E-state index contributed by atoms with van der Waals surface area (Å²) in [5.74, 6) is -0.281. The van der Waals surface area contributed by atoms with Gasteiger partial charge in [-0.3, -0.25) is 14.5 Å². The third-order valence-corrected chi connectivity index (χ3v) is 9.42. The predicted molar refractivity (Wildman–Crippen MR) is 151 cm³/mol. The van der Waals surface area contributed by atoms with E-state index in [1.165, 1.54) is 21.6 Å². The maximum absolute atomic E-state index is 13.5. The average Bonchev–Trinajstić information content (AvgIpc) is 3.65. The van der Waals surface area contributed by atoms with Gasteiger partial charge in [-0.15, -0.1) is 11.3 Å². The fraction of sp³-hybridized carbons (Fsp3) is 0.375. The molecule has 5 nitrogen and oxygen atoms in total. The molecule has 1 aromatic heterocycles. The molecular formula is C32H33NO4S. The van der Waals surface area contributed by atoms with Crippen LogP contribution in [0.3, 0.4) is 0 Å². The quantitative estimate of drug-likeness (QED) is 0.274. The van der Waals surface area contributed by atoms with Gasteiger partial charge in [-0.1, -0.05) is 60.5 Å². The van der Waals surface area contributed by atoms with Crippen molar-refractivity contribution >= 4 is 40.0 Å². The van der Waals surface area contributed by atoms with E-state index in [4.69, 9.17) is 4.74 Å². The number of ether oxygens (including phenoxy) is 1. The number of benzene rings is 2. The fourth-order valence-electron chi connectivity index (χ4n) is 6.72. The molecule has 6 rings (SSSR count). The van der Waals surface area contributed by atoms with Crippen LogP contribution in [0, 0.1) is 17.8 Å². The summed E-state index contributed by atoms with van der Waals surface area (Å²) in [6, 6.07) is 15.6. The molecule has 1 aliphatic carbocycles. The van der Waals surface area contributed by atoms with Crippen LogP contribution in [0.5, 0.6) is 5.75 Å². The van der Waals surface area contributed by atoms with Gasteiger partial charge in [0.05, 0.1) is 31.1 Å². The molecule has 0 unspecified atom stereocenters. The van der Waals surface area contributed by atoms with E-state index < -0.39 is 0 Å². The Morgan fingerprint density at radius 1 is 1.08 bits per heavy atom. The van der Waals surface area contributed by atoms with Crippen molar-refractivity contribution in [3.8, 4) is 5.75 Å². The van der Waals surface area contributed by atoms with Crippen LogP contribution >= 0.6 is 11.3 Å². The number of thiophene rings is 1. The Morgan fingerprint density at radius 2 is 1.89 bits per heavy atom. The Bertz CT molecular complexity index is 1450. The highest BCUT2D eigenvalue weighted by molar-refractivity contribution is 7.09. The Morgan fingerprint density at radius 3 is 2.66 bits per heavy atom. The average molecular weight is 528 g/mol. The van der Waals surface area contributed by atoms with E-state index in [0.29, 0.717) is 25.3 Å². The monoisotopic (exact) mass is 527 g/mol. The smallest absolute Gasteiger partial charge is 0.234 e. The third kappa shape index (κ3) is 4.30. The molecule has 2 amide bonds. The molecule has 3 aliphatic rings. The lowest BCUT2D eigenvalue weighted by Crippen LogP contribution is -2.34. The lowest BCUT2D eigenvalue weighted by Gasteiger charge is -2.31. The zero-order valence-electron chi connectivity index (χ0n) is 21.9. The van der Waals surface area contributed by atoms with Crippen molar-refractivity contribution < 1.29 is 19.4 Å². The summed E-state index contributed by atoms with van der Waals surface area (Å²) >= 11 is 1.58. The number of imide groups is 1. The van der Waals surface area contributed by atoms with Gasteiger partial charge in [0.15, 0.2) is 0 Å². The van der Waals surface area contributed by atoms with Gasteiger partial charge in [0.2, 0.25) is 11.8 Å². The number of amides is 2. The summed E-state index contributed by atoms with van der Waals surface area (Å²) in [5, 5.41) is 14.1. The molecule has 0 radical (unpaired) electrons. The highest BCUT2D eigenvalue weighted by atomic mass is 32.1. The molecule has 2 saturated heterocycles. The van der Waals surface area contributed by atoms with Crippen LogP contribution in [0.2, 0.25) is 0 Å². The van der Waals surface area contributed by atoms with Gasteiger partial charge in [0.1, 0.15) is 5.75 Å². The molecule has 2 aliphatic heterocycles. The van der Waals surface area contributed by atoms with Crippen molar-refractivity contribution in [1.29, 1.82) is 0 Å². The molecule has 4 atom stereocenters. The summed E-state index contributed by atoms with van der Waals surface area (Å²) in [4.78, 5) is 29.4. The maximum Gasteiger partial charge on any atom is 0.234 e. The van der Waals surface area contributed by atoms with Crippen molar-refractivity contribution in [2.75, 3.05) is 6.61 Å². The van der Waals surface area contributed by atoms with Gasteiger partial charge >= 0.3 is 0 Å². The number of aromatic hydroxyl groups is 1. The number of fused-ring (bicyclic) bond motifs is 4. The number of nitrogens with zero attached hydrogens (tertiary/aromatic N) is 1. The second-order valence-electron chi connectivity index (χ2n) is 10.8. The van der Waals surface area contributed by atoms with E-state index >= 15 is 0 Å². The molecule has 2 aromatic carbocycles. The largest absolute Gasteiger partial charge is 0.507 e. The first-order valence-corrected chi connectivity index (χ1v) is 14.4. The van der Waals surface area contributed by atoms with Crippen LogP contribution in [-0.4, -0.2) is 34.5 Å². The minimum absolute atomic E-state index is 0.00353. The van der Waals surface area contributed by atoms with Crippen molar-refractivity contribution in [3.63, 3.8) is 0 Å². The summed E-state index contributed by atoms with van der Waals surface area (Å²) in [6.45, 7) is 5.19. The van der Waals surface area contributed by atoms with E-state index in [1.807, 2.05) is 47.8 Å². The molecule has 1 N–H and O–H groups in total. The molecule has 196 valence electrons. The number of hydrogen-bond acceptors (Lipinski definition) is 5. The van der Waals surface area contributed by atoms with Crippen LogP contribution in [0.25, 0.3) is 16.8 Å². The molecule has 3 heterocycles. The van der Waals surface area contributed by atoms with Crippen molar-refractivity contribution in [1.82, 2.24) is 4.90 Å². The lowest BCUT2D eigenvalue weighted by atomic mass is 9.69. The van der Waals surface area contributed by atoms with E-state index in [1.54, 1.807) is 17.4 Å². The first kappa shape index (κ1) is 25.1. The van der Waals surface area contributed by atoms with Gasteiger partial charge in [-0.05, 0) is 66.6 Å². The SMILES string of the molecule is CCC1=C2[C@@H](CC/C(C)=C/c3ccc(O)c4ccccc34)OC[C@@H]2[C@@H]2C(=O)N(Cc3cccs3)C(=O)[C@@H]2C1. The molecule has 2 fully saturated rings. The van der Waals surface area contributed by atoms with Crippen LogP contribution in [0.1, 0.15) is 50.0 Å². The minimum atomic E-state index is -0.294. The van der Waals surface area contributed by atoms with E-state index in [2.05, 4.69) is 19.9 Å². The van der Waals surface area contributed by atoms with Crippen LogP contribution in [0.4, 0.5) is 0 Å². The summed E-state index contributed by atoms with van der Waals surface area (Å²) < 4.78 is 6.35. The number of phenols is 1. The molecule has 3 aromatic rings. The molecular weight excluding hydrogens is 494 g/mol. The van der Waals surface area contributed by atoms with Crippen molar-refractivity contribution in [3.05, 3.63) is 81.1 Å². The first-order valence-electron chi connectivity index (χ1n) is 13.5. The van der Waals surface area contributed by atoms with Crippen molar-refractivity contribution in [2.45, 2.75) is 52.2 Å². The van der Waals surface area contributed by atoms with Crippen LogP contribution in [-0.2, 0) is 20.9 Å². The van der Waals surface area contributed by atoms with Gasteiger partial charge in [0, 0.05) is 16.2 Å². The maximum atomic E-state index is 13.5. The Kier molecular flexibility index (Phi) is 6.70. The number of carbonyl (C=O) groups is 2. The Labute approximate surface area is 227 Å². The summed E-state index contributed by atoms with van der Waals surface area (Å²) in [7, 11) is 0. The first-order chi connectivity index (χ1) is 18.5. The molecule has 38 heavy (non-hydrogen) atoms. The fourth-order valence-corrected chi connectivity index (χ4v) is 7.41. The van der Waals surface area contributed by atoms with Gasteiger partial charge in [-0.2, -0.15) is 0 Å². The van der Waals surface area contributed by atoms with E-state index in [9.17, 15) is 14.7 Å². The number of phenolic OH excluding ortho intramolecular Hbond substituents is 1. The van der Waals surface area contributed by atoms with Gasteiger partial charge in [0.25, 0.3) is 0 Å². The van der Waals surface area contributed by atoms with Gasteiger partial charge < -0.3 is 9.84 Å². The number of carbonyl (C=O) groups excluding carboxylic acids is 2. The highest BCUT2D eigenvalue weighted by Gasteiger charge is 2.56. The number of hydrogen-bond donors (Lipinski definition) is 1. The van der Waals surface area contributed by atoms with E-state index in [0.717, 1.165) is 40.5 Å².